The topological polar surface area (TPSA) is 17.1 Å². The molecule has 21 heavy (non-hydrogen) atoms. The second-order valence-corrected chi connectivity index (χ2v) is 5.89. The van der Waals surface area contributed by atoms with Crippen molar-refractivity contribution in [2.75, 3.05) is 0 Å². The minimum atomic E-state index is 0.798. The lowest BCUT2D eigenvalue weighted by atomic mass is 9.97. The summed E-state index contributed by atoms with van der Waals surface area (Å²) in [5, 5.41) is 2.48. The minimum absolute atomic E-state index is 0.798. The van der Waals surface area contributed by atoms with E-state index in [9.17, 15) is 4.79 Å². The van der Waals surface area contributed by atoms with Crippen LogP contribution in [0.1, 0.15) is 67.8 Å². The van der Waals surface area contributed by atoms with Gasteiger partial charge >= 0.3 is 0 Å². The fourth-order valence-electron chi connectivity index (χ4n) is 2.96. The van der Waals surface area contributed by atoms with Crippen LogP contribution in [0.15, 0.2) is 36.4 Å². The highest BCUT2D eigenvalue weighted by Gasteiger charge is 2.03. The van der Waals surface area contributed by atoms with Crippen molar-refractivity contribution in [2.24, 2.45) is 0 Å². The minimum Gasteiger partial charge on any atom is -0.298 e. The van der Waals surface area contributed by atoms with Gasteiger partial charge in [-0.25, -0.2) is 0 Å². The van der Waals surface area contributed by atoms with E-state index in [2.05, 4.69) is 31.2 Å². The van der Waals surface area contributed by atoms with Crippen LogP contribution in [0.25, 0.3) is 10.8 Å². The molecule has 0 saturated carbocycles. The zero-order valence-electron chi connectivity index (χ0n) is 13.1. The van der Waals surface area contributed by atoms with Crippen molar-refractivity contribution < 1.29 is 4.79 Å². The van der Waals surface area contributed by atoms with E-state index in [1.54, 1.807) is 0 Å². The van der Waals surface area contributed by atoms with Crippen LogP contribution < -0.4 is 0 Å². The highest BCUT2D eigenvalue weighted by atomic mass is 16.1. The molecule has 0 fully saturated rings. The molecule has 0 aliphatic carbocycles. The Balaban J connectivity index is 1.93. The lowest BCUT2D eigenvalue weighted by molar-refractivity contribution is 0.112. The Morgan fingerprint density at radius 3 is 2.38 bits per heavy atom. The molecule has 1 nitrogen and oxygen atoms in total. The Hall–Kier alpha value is -1.63. The Morgan fingerprint density at radius 2 is 1.62 bits per heavy atom. The molecule has 1 heteroatoms. The molecule has 0 aromatic heterocycles. The number of aryl methyl sites for hydroxylation is 1. The first kappa shape index (κ1) is 15.8. The van der Waals surface area contributed by atoms with Gasteiger partial charge in [-0.15, -0.1) is 0 Å². The summed E-state index contributed by atoms with van der Waals surface area (Å²) in [6.07, 6.45) is 11.3. The Labute approximate surface area is 128 Å². The average Bonchev–Trinajstić information content (AvgIpc) is 2.53. The van der Waals surface area contributed by atoms with E-state index in [-0.39, 0.29) is 0 Å². The molecule has 2 aromatic rings. The maximum absolute atomic E-state index is 11.1. The number of aldehydes is 1. The van der Waals surface area contributed by atoms with Crippen molar-refractivity contribution in [3.8, 4) is 0 Å². The molecule has 0 amide bonds. The smallest absolute Gasteiger partial charge is 0.150 e. The maximum Gasteiger partial charge on any atom is 0.150 e. The molecule has 0 saturated heterocycles. The number of unbranched alkanes of at least 4 members (excludes halogenated alkanes) is 6. The lowest BCUT2D eigenvalue weighted by Crippen LogP contribution is -1.92. The largest absolute Gasteiger partial charge is 0.298 e. The molecule has 0 radical (unpaired) electrons. The molecule has 0 heterocycles. The van der Waals surface area contributed by atoms with Crippen molar-refractivity contribution in [1.29, 1.82) is 0 Å². The highest BCUT2D eigenvalue weighted by molar-refractivity contribution is 5.91. The number of hydrogen-bond donors (Lipinski definition) is 0. The third-order valence-electron chi connectivity index (χ3n) is 4.16. The van der Waals surface area contributed by atoms with Crippen molar-refractivity contribution in [3.63, 3.8) is 0 Å². The summed E-state index contributed by atoms with van der Waals surface area (Å²) in [5.74, 6) is 0. The van der Waals surface area contributed by atoms with Crippen molar-refractivity contribution >= 4 is 17.1 Å². The van der Waals surface area contributed by atoms with E-state index in [1.807, 2.05) is 12.1 Å². The number of hydrogen-bond acceptors (Lipinski definition) is 1. The molecular formula is C20H26O. The summed E-state index contributed by atoms with van der Waals surface area (Å²) in [5.41, 5.74) is 2.12. The van der Waals surface area contributed by atoms with E-state index >= 15 is 0 Å². The van der Waals surface area contributed by atoms with Gasteiger partial charge in [0.05, 0.1) is 0 Å². The average molecular weight is 282 g/mol. The van der Waals surface area contributed by atoms with Crippen LogP contribution in [0, 0.1) is 0 Å². The summed E-state index contributed by atoms with van der Waals surface area (Å²) in [7, 11) is 0. The predicted molar refractivity (Wildman–Crippen MR) is 91.0 cm³/mol. The van der Waals surface area contributed by atoms with E-state index in [4.69, 9.17) is 0 Å². The molecule has 0 atom stereocenters. The van der Waals surface area contributed by atoms with Gasteiger partial charge in [0.1, 0.15) is 6.29 Å². The molecule has 0 aliphatic heterocycles. The van der Waals surface area contributed by atoms with Gasteiger partial charge < -0.3 is 0 Å². The first-order valence-corrected chi connectivity index (χ1v) is 8.32. The molecule has 2 rings (SSSR count). The van der Waals surface area contributed by atoms with Gasteiger partial charge in [-0.05, 0) is 41.3 Å². The van der Waals surface area contributed by atoms with Crippen LogP contribution in [-0.2, 0) is 6.42 Å². The van der Waals surface area contributed by atoms with Gasteiger partial charge in [0.25, 0.3) is 0 Å². The summed E-state index contributed by atoms with van der Waals surface area (Å²) >= 11 is 0. The first-order chi connectivity index (χ1) is 10.3. The van der Waals surface area contributed by atoms with Gasteiger partial charge in [-0.1, -0.05) is 69.7 Å². The monoisotopic (exact) mass is 282 g/mol. The van der Waals surface area contributed by atoms with Crippen LogP contribution >= 0.6 is 0 Å². The maximum atomic E-state index is 11.1. The Bertz CT molecular complexity index is 571. The third-order valence-corrected chi connectivity index (χ3v) is 4.16. The lowest BCUT2D eigenvalue weighted by Gasteiger charge is -2.08. The fraction of sp³-hybridized carbons (Fsp3) is 0.450. The van der Waals surface area contributed by atoms with Gasteiger partial charge in [0.2, 0.25) is 0 Å². The molecule has 2 aromatic carbocycles. The SMILES string of the molecule is CCCCCCCCCc1cc(C=O)cc2ccccc12. The molecule has 0 unspecified atom stereocenters. The number of rotatable bonds is 9. The van der Waals surface area contributed by atoms with E-state index < -0.39 is 0 Å². The quantitative estimate of drug-likeness (QED) is 0.410. The molecule has 0 N–H and O–H groups in total. The first-order valence-electron chi connectivity index (χ1n) is 8.32. The Kier molecular flexibility index (Phi) is 6.46. The van der Waals surface area contributed by atoms with Crippen LogP contribution in [0.2, 0.25) is 0 Å². The van der Waals surface area contributed by atoms with Crippen LogP contribution in [0.5, 0.6) is 0 Å². The van der Waals surface area contributed by atoms with Gasteiger partial charge in [0, 0.05) is 5.56 Å². The number of carbonyl (C=O) groups excluding carboxylic acids is 1. The molecule has 0 bridgehead atoms. The standard InChI is InChI=1S/C20H26O/c1-2-3-4-5-6-7-8-11-18-14-17(16-21)15-19-12-9-10-13-20(18)19/h9-10,12-16H,2-8,11H2,1H3. The zero-order valence-corrected chi connectivity index (χ0v) is 13.1. The zero-order chi connectivity index (χ0) is 14.9. The van der Waals surface area contributed by atoms with E-state index in [0.717, 1.165) is 18.3 Å². The van der Waals surface area contributed by atoms with Crippen molar-refractivity contribution in [3.05, 3.63) is 47.5 Å². The normalized spacial score (nSPS) is 10.9. The van der Waals surface area contributed by atoms with Gasteiger partial charge in [-0.3, -0.25) is 4.79 Å². The summed E-state index contributed by atoms with van der Waals surface area (Å²) in [6.45, 7) is 2.26. The summed E-state index contributed by atoms with van der Waals surface area (Å²) < 4.78 is 0. The molecular weight excluding hydrogens is 256 g/mol. The van der Waals surface area contributed by atoms with E-state index in [1.165, 1.54) is 61.3 Å². The van der Waals surface area contributed by atoms with Crippen LogP contribution in [0.4, 0.5) is 0 Å². The molecule has 112 valence electrons. The highest BCUT2D eigenvalue weighted by Crippen LogP contribution is 2.22. The van der Waals surface area contributed by atoms with Gasteiger partial charge in [0.15, 0.2) is 0 Å². The fourth-order valence-corrected chi connectivity index (χ4v) is 2.96. The van der Waals surface area contributed by atoms with Crippen LogP contribution in [0.3, 0.4) is 0 Å². The Morgan fingerprint density at radius 1 is 0.905 bits per heavy atom. The number of benzene rings is 2. The predicted octanol–water partition coefficient (Wildman–Crippen LogP) is 5.95. The molecule has 0 spiro atoms. The number of fused-ring (bicyclic) bond motifs is 1. The van der Waals surface area contributed by atoms with Crippen molar-refractivity contribution in [1.82, 2.24) is 0 Å². The van der Waals surface area contributed by atoms with Crippen LogP contribution in [-0.4, -0.2) is 6.29 Å². The summed E-state index contributed by atoms with van der Waals surface area (Å²) in [6, 6.07) is 12.4. The van der Waals surface area contributed by atoms with E-state index in [0.29, 0.717) is 0 Å². The molecule has 0 aliphatic rings. The second kappa shape index (κ2) is 8.61. The third kappa shape index (κ3) is 4.70. The number of carbonyl (C=O) groups is 1. The summed E-state index contributed by atoms with van der Waals surface area (Å²) in [4.78, 5) is 11.1. The van der Waals surface area contributed by atoms with Crippen molar-refractivity contribution in [2.45, 2.75) is 58.3 Å². The second-order valence-electron chi connectivity index (χ2n) is 5.89. The van der Waals surface area contributed by atoms with Gasteiger partial charge in [-0.2, -0.15) is 0 Å².